The summed E-state index contributed by atoms with van der Waals surface area (Å²) < 4.78 is 10.8. The first-order chi connectivity index (χ1) is 9.87. The van der Waals surface area contributed by atoms with Gasteiger partial charge in [0.25, 0.3) is 0 Å². The Labute approximate surface area is 128 Å². The van der Waals surface area contributed by atoms with Crippen molar-refractivity contribution in [1.29, 1.82) is 0 Å². The van der Waals surface area contributed by atoms with E-state index in [1.807, 2.05) is 25.7 Å². The van der Waals surface area contributed by atoms with Crippen LogP contribution in [0.1, 0.15) is 52.9 Å². The van der Waals surface area contributed by atoms with E-state index in [9.17, 15) is 4.79 Å². The molecule has 0 spiro atoms. The minimum atomic E-state index is -0.425. The molecule has 1 atom stereocenters. The maximum Gasteiger partial charge on any atom is 0.410 e. The molecule has 2 rings (SSSR count). The number of nitrogens with one attached hydrogen (secondary N) is 1. The average molecular weight is 298 g/mol. The van der Waals surface area contributed by atoms with E-state index in [4.69, 9.17) is 9.47 Å². The fraction of sp³-hybridized carbons (Fsp3) is 0.938. The predicted octanol–water partition coefficient (Wildman–Crippen LogP) is 2.54. The molecule has 5 heteroatoms. The van der Waals surface area contributed by atoms with Crippen LogP contribution in [0.25, 0.3) is 0 Å². The van der Waals surface area contributed by atoms with Crippen molar-refractivity contribution < 1.29 is 14.3 Å². The summed E-state index contributed by atoms with van der Waals surface area (Å²) in [6.07, 6.45) is 5.75. The molecule has 1 heterocycles. The second-order valence-corrected chi connectivity index (χ2v) is 7.31. The molecule has 0 aromatic heterocycles. The molecular weight excluding hydrogens is 268 g/mol. The normalized spacial score (nSPS) is 30.5. The molecule has 5 nitrogen and oxygen atoms in total. The molecule has 1 saturated carbocycles. The van der Waals surface area contributed by atoms with Gasteiger partial charge in [-0.3, -0.25) is 0 Å². The zero-order valence-corrected chi connectivity index (χ0v) is 13.9. The standard InChI is InChI=1S/C16H30N2O3/c1-16(2,3)21-15(19)18-8-6-5-7-12(11-18)17-13-9-14(10-13)20-4/h12-14,17H,5-11H2,1-4H3. The lowest BCUT2D eigenvalue weighted by atomic mass is 9.88. The van der Waals surface area contributed by atoms with Gasteiger partial charge in [-0.05, 0) is 46.5 Å². The average Bonchev–Trinajstić information content (AvgIpc) is 2.56. The first kappa shape index (κ1) is 16.6. The number of carbonyl (C=O) groups excluding carboxylic acids is 1. The van der Waals surface area contributed by atoms with Gasteiger partial charge in [-0.25, -0.2) is 4.79 Å². The van der Waals surface area contributed by atoms with E-state index >= 15 is 0 Å². The summed E-state index contributed by atoms with van der Waals surface area (Å²) >= 11 is 0. The highest BCUT2D eigenvalue weighted by molar-refractivity contribution is 5.68. The van der Waals surface area contributed by atoms with E-state index in [-0.39, 0.29) is 6.09 Å². The zero-order chi connectivity index (χ0) is 15.5. The predicted molar refractivity (Wildman–Crippen MR) is 82.4 cm³/mol. The molecule has 2 fully saturated rings. The van der Waals surface area contributed by atoms with Crippen LogP contribution < -0.4 is 5.32 Å². The van der Waals surface area contributed by atoms with E-state index in [0.29, 0.717) is 18.2 Å². The lowest BCUT2D eigenvalue weighted by molar-refractivity contribution is 0.00921. The third kappa shape index (κ3) is 5.15. The molecule has 1 aliphatic carbocycles. The highest BCUT2D eigenvalue weighted by Gasteiger charge is 2.32. The fourth-order valence-electron chi connectivity index (χ4n) is 3.00. The zero-order valence-electron chi connectivity index (χ0n) is 13.9. The smallest absolute Gasteiger partial charge is 0.410 e. The van der Waals surface area contributed by atoms with Crippen LogP contribution in [0.2, 0.25) is 0 Å². The van der Waals surface area contributed by atoms with Gasteiger partial charge in [0.05, 0.1) is 6.10 Å². The summed E-state index contributed by atoms with van der Waals surface area (Å²) in [6.45, 7) is 7.30. The lowest BCUT2D eigenvalue weighted by Gasteiger charge is -2.38. The van der Waals surface area contributed by atoms with Crippen LogP contribution in [-0.2, 0) is 9.47 Å². The van der Waals surface area contributed by atoms with Gasteiger partial charge in [0.1, 0.15) is 5.60 Å². The van der Waals surface area contributed by atoms with Crippen LogP contribution in [0.3, 0.4) is 0 Å². The maximum atomic E-state index is 12.2. The number of rotatable bonds is 3. The van der Waals surface area contributed by atoms with E-state index in [2.05, 4.69) is 5.32 Å². The Morgan fingerprint density at radius 2 is 1.90 bits per heavy atom. The fourth-order valence-corrected chi connectivity index (χ4v) is 3.00. The minimum Gasteiger partial charge on any atom is -0.444 e. The summed E-state index contributed by atoms with van der Waals surface area (Å²) in [4.78, 5) is 14.1. The molecule has 1 unspecified atom stereocenters. The van der Waals surface area contributed by atoms with E-state index in [0.717, 1.165) is 45.2 Å². The van der Waals surface area contributed by atoms with Gasteiger partial charge in [0.15, 0.2) is 0 Å². The Morgan fingerprint density at radius 3 is 2.52 bits per heavy atom. The van der Waals surface area contributed by atoms with E-state index < -0.39 is 5.60 Å². The molecule has 0 bridgehead atoms. The van der Waals surface area contributed by atoms with E-state index in [1.54, 1.807) is 7.11 Å². The quantitative estimate of drug-likeness (QED) is 0.870. The Balaban J connectivity index is 1.82. The second kappa shape index (κ2) is 6.97. The van der Waals surface area contributed by atoms with Crippen LogP contribution >= 0.6 is 0 Å². The summed E-state index contributed by atoms with van der Waals surface area (Å²) in [5.74, 6) is 0. The Kier molecular flexibility index (Phi) is 5.49. The number of methoxy groups -OCH3 is 1. The second-order valence-electron chi connectivity index (χ2n) is 7.31. The summed E-state index contributed by atoms with van der Waals surface area (Å²) in [7, 11) is 1.77. The molecule has 21 heavy (non-hydrogen) atoms. The maximum absolute atomic E-state index is 12.2. The number of ether oxygens (including phenoxy) is 2. The van der Waals surface area contributed by atoms with Crippen LogP contribution in [0.15, 0.2) is 0 Å². The topological polar surface area (TPSA) is 50.8 Å². The number of likely N-dealkylation sites (tertiary alicyclic amines) is 1. The third-order valence-electron chi connectivity index (χ3n) is 4.22. The van der Waals surface area contributed by atoms with Crippen LogP contribution in [0.5, 0.6) is 0 Å². The minimum absolute atomic E-state index is 0.181. The molecule has 2 aliphatic rings. The van der Waals surface area contributed by atoms with Crippen molar-refractivity contribution in [2.75, 3.05) is 20.2 Å². The van der Waals surface area contributed by atoms with Gasteiger partial charge in [0.2, 0.25) is 0 Å². The summed E-state index contributed by atoms with van der Waals surface area (Å²) in [6, 6.07) is 0.918. The van der Waals surface area contributed by atoms with Gasteiger partial charge in [-0.1, -0.05) is 6.42 Å². The monoisotopic (exact) mass is 298 g/mol. The largest absolute Gasteiger partial charge is 0.444 e. The van der Waals surface area contributed by atoms with Gasteiger partial charge in [-0.15, -0.1) is 0 Å². The number of carbonyl (C=O) groups is 1. The number of hydrogen-bond acceptors (Lipinski definition) is 4. The van der Waals surface area contributed by atoms with E-state index in [1.165, 1.54) is 0 Å². The van der Waals surface area contributed by atoms with Crippen molar-refractivity contribution in [3.05, 3.63) is 0 Å². The first-order valence-corrected chi connectivity index (χ1v) is 8.14. The Bertz CT molecular complexity index is 348. The van der Waals surface area contributed by atoms with Crippen LogP contribution in [0, 0.1) is 0 Å². The van der Waals surface area contributed by atoms with Crippen molar-refractivity contribution in [1.82, 2.24) is 10.2 Å². The Morgan fingerprint density at radius 1 is 1.19 bits per heavy atom. The molecule has 1 amide bonds. The van der Waals surface area contributed by atoms with Crippen molar-refractivity contribution in [3.8, 4) is 0 Å². The number of amides is 1. The van der Waals surface area contributed by atoms with Crippen LogP contribution in [0.4, 0.5) is 4.79 Å². The molecule has 0 aromatic rings. The summed E-state index contributed by atoms with van der Waals surface area (Å²) in [5, 5.41) is 3.68. The van der Waals surface area contributed by atoms with Crippen molar-refractivity contribution >= 4 is 6.09 Å². The van der Waals surface area contributed by atoms with Crippen molar-refractivity contribution in [2.45, 2.75) is 76.7 Å². The lowest BCUT2D eigenvalue weighted by Crippen LogP contribution is -2.52. The van der Waals surface area contributed by atoms with Gasteiger partial charge in [0, 0.05) is 32.3 Å². The van der Waals surface area contributed by atoms with Crippen molar-refractivity contribution in [2.24, 2.45) is 0 Å². The summed E-state index contributed by atoms with van der Waals surface area (Å²) in [5.41, 5.74) is -0.425. The third-order valence-corrected chi connectivity index (χ3v) is 4.22. The highest BCUT2D eigenvalue weighted by atomic mass is 16.6. The first-order valence-electron chi connectivity index (χ1n) is 8.14. The molecule has 1 saturated heterocycles. The molecule has 1 aliphatic heterocycles. The molecule has 1 N–H and O–H groups in total. The highest BCUT2D eigenvalue weighted by Crippen LogP contribution is 2.24. The SMILES string of the molecule is COC1CC(NC2CCCCN(C(=O)OC(C)(C)C)C2)C1. The van der Waals surface area contributed by atoms with Gasteiger partial charge in [-0.2, -0.15) is 0 Å². The molecule has 0 radical (unpaired) electrons. The molecule has 122 valence electrons. The number of nitrogens with zero attached hydrogens (tertiary/aromatic N) is 1. The van der Waals surface area contributed by atoms with Gasteiger partial charge < -0.3 is 19.7 Å². The molecular formula is C16H30N2O3. The van der Waals surface area contributed by atoms with Crippen molar-refractivity contribution in [3.63, 3.8) is 0 Å². The molecule has 0 aromatic carbocycles. The Hall–Kier alpha value is -0.810. The van der Waals surface area contributed by atoms with Crippen LogP contribution in [-0.4, -0.2) is 55.0 Å². The number of hydrogen-bond donors (Lipinski definition) is 1. The van der Waals surface area contributed by atoms with Gasteiger partial charge >= 0.3 is 6.09 Å².